The maximum Gasteiger partial charge on any atom is 0.416 e. The number of anilines is 1. The van der Waals surface area contributed by atoms with Crippen LogP contribution in [0.4, 0.5) is 19.0 Å². The third-order valence-electron chi connectivity index (χ3n) is 3.91. The average Bonchev–Trinajstić information content (AvgIpc) is 2.37. The Hall–Kier alpha value is -1.01. The molecule has 1 aromatic rings. The predicted molar refractivity (Wildman–Crippen MR) is 75.3 cm³/mol. The second-order valence-corrected chi connectivity index (χ2v) is 6.21. The number of aromatic nitrogens is 1. The minimum atomic E-state index is -4.48. The minimum absolute atomic E-state index is 0.0537. The van der Waals surface area contributed by atoms with E-state index in [9.17, 15) is 18.3 Å². The van der Waals surface area contributed by atoms with Gasteiger partial charge in [0.15, 0.2) is 0 Å². The van der Waals surface area contributed by atoms with Gasteiger partial charge in [-0.15, -0.1) is 0 Å². The number of alkyl halides is 3. The monoisotopic (exact) mass is 322 g/mol. The average molecular weight is 323 g/mol. The van der Waals surface area contributed by atoms with Gasteiger partial charge in [-0.2, -0.15) is 13.2 Å². The molecule has 0 radical (unpaired) electrons. The Balaban J connectivity index is 2.27. The highest BCUT2D eigenvalue weighted by Gasteiger charge is 2.36. The first kappa shape index (κ1) is 16.4. The smallest absolute Gasteiger partial charge is 0.394 e. The van der Waals surface area contributed by atoms with Gasteiger partial charge in [-0.25, -0.2) is 4.98 Å². The zero-order valence-electron chi connectivity index (χ0n) is 11.7. The number of hydrogen-bond acceptors (Lipinski definition) is 3. The van der Waals surface area contributed by atoms with Crippen LogP contribution in [0, 0.1) is 5.92 Å². The molecule has 3 nitrogen and oxygen atoms in total. The summed E-state index contributed by atoms with van der Waals surface area (Å²) in [6, 6.07) is 1.73. The molecule has 7 heteroatoms. The second-order valence-electron chi connectivity index (χ2n) is 5.83. The number of halogens is 4. The fourth-order valence-electron chi connectivity index (χ4n) is 2.95. The van der Waals surface area contributed by atoms with Crippen molar-refractivity contribution < 1.29 is 18.3 Å². The predicted octanol–water partition coefficient (Wildman–Crippen LogP) is 4.11. The molecule has 0 bridgehead atoms. The van der Waals surface area contributed by atoms with E-state index in [4.69, 9.17) is 11.6 Å². The highest BCUT2D eigenvalue weighted by atomic mass is 35.5. The molecular formula is C14H18ClF3N2O. The zero-order valence-corrected chi connectivity index (χ0v) is 12.4. The summed E-state index contributed by atoms with van der Waals surface area (Å²) in [5.41, 5.74) is -1.47. The minimum Gasteiger partial charge on any atom is -0.394 e. The summed E-state index contributed by atoms with van der Waals surface area (Å²) >= 11 is 5.68. The molecule has 0 spiro atoms. The van der Waals surface area contributed by atoms with Crippen LogP contribution >= 0.6 is 11.6 Å². The van der Waals surface area contributed by atoms with Crippen LogP contribution in [0.15, 0.2) is 12.1 Å². The summed E-state index contributed by atoms with van der Waals surface area (Å²) < 4.78 is 38.4. The maximum absolute atomic E-state index is 12.8. The van der Waals surface area contributed by atoms with Gasteiger partial charge in [-0.05, 0) is 30.9 Å². The number of pyridine rings is 1. The molecule has 1 aliphatic rings. The Labute approximate surface area is 126 Å². The quantitative estimate of drug-likeness (QED) is 0.823. The van der Waals surface area contributed by atoms with E-state index in [1.54, 1.807) is 0 Å². The molecular weight excluding hydrogens is 305 g/mol. The van der Waals surface area contributed by atoms with Crippen LogP contribution in [0.5, 0.6) is 0 Å². The van der Waals surface area contributed by atoms with Crippen molar-refractivity contribution in [3.63, 3.8) is 0 Å². The molecule has 118 valence electrons. The van der Waals surface area contributed by atoms with Crippen molar-refractivity contribution in [2.45, 2.75) is 44.3 Å². The van der Waals surface area contributed by atoms with E-state index in [0.717, 1.165) is 25.0 Å². The van der Waals surface area contributed by atoms with E-state index in [1.165, 1.54) is 0 Å². The molecule has 0 amide bonds. The van der Waals surface area contributed by atoms with Crippen LogP contribution in [0.25, 0.3) is 0 Å². The molecule has 0 saturated heterocycles. The van der Waals surface area contributed by atoms with E-state index in [1.807, 2.05) is 0 Å². The van der Waals surface area contributed by atoms with Crippen molar-refractivity contribution in [3.8, 4) is 0 Å². The van der Waals surface area contributed by atoms with Crippen LogP contribution in [0.1, 0.15) is 38.2 Å². The first-order valence-electron chi connectivity index (χ1n) is 6.88. The lowest BCUT2D eigenvalue weighted by Gasteiger charge is -2.39. The lowest BCUT2D eigenvalue weighted by atomic mass is 9.77. The maximum atomic E-state index is 12.8. The summed E-state index contributed by atoms with van der Waals surface area (Å²) in [6.07, 6.45) is -1.11. The Morgan fingerprint density at radius 3 is 2.76 bits per heavy atom. The fourth-order valence-corrected chi connectivity index (χ4v) is 3.16. The molecule has 2 atom stereocenters. The van der Waals surface area contributed by atoms with Crippen LogP contribution in [-0.2, 0) is 6.18 Å². The summed E-state index contributed by atoms with van der Waals surface area (Å²) in [7, 11) is 0. The van der Waals surface area contributed by atoms with E-state index >= 15 is 0 Å². The molecule has 2 unspecified atom stereocenters. The Morgan fingerprint density at radius 2 is 2.19 bits per heavy atom. The van der Waals surface area contributed by atoms with E-state index in [0.29, 0.717) is 18.8 Å². The van der Waals surface area contributed by atoms with Gasteiger partial charge in [0.2, 0.25) is 0 Å². The van der Waals surface area contributed by atoms with Gasteiger partial charge in [-0.1, -0.05) is 31.4 Å². The number of aliphatic hydroxyl groups excluding tert-OH is 1. The van der Waals surface area contributed by atoms with Gasteiger partial charge in [0.05, 0.1) is 17.7 Å². The first-order chi connectivity index (χ1) is 9.74. The summed E-state index contributed by atoms with van der Waals surface area (Å²) in [6.45, 7) is 1.92. The molecule has 1 aromatic heterocycles. The van der Waals surface area contributed by atoms with Crippen LogP contribution in [-0.4, -0.2) is 22.2 Å². The van der Waals surface area contributed by atoms with Crippen LogP contribution in [0.3, 0.4) is 0 Å². The third kappa shape index (κ3) is 4.01. The van der Waals surface area contributed by atoms with Crippen molar-refractivity contribution in [3.05, 3.63) is 22.8 Å². The fraction of sp³-hybridized carbons (Fsp3) is 0.643. The van der Waals surface area contributed by atoms with Gasteiger partial charge in [-0.3, -0.25) is 0 Å². The molecule has 0 aliphatic heterocycles. The molecule has 1 saturated carbocycles. The largest absolute Gasteiger partial charge is 0.416 e. The molecule has 2 rings (SSSR count). The van der Waals surface area contributed by atoms with Gasteiger partial charge in [0, 0.05) is 0 Å². The zero-order chi connectivity index (χ0) is 15.7. The number of hydrogen-bond donors (Lipinski definition) is 2. The van der Waals surface area contributed by atoms with Crippen molar-refractivity contribution in [1.29, 1.82) is 0 Å². The number of nitrogens with zero attached hydrogens (tertiary/aromatic N) is 1. The standard InChI is InChI=1S/C14H18ClF3N2O/c1-9-3-2-4-13(7-9,8-21)20-12-6-10(14(16,17)18)5-11(15)19-12/h5-6,9,21H,2-4,7-8H2,1H3,(H,19,20). The number of nitrogens with one attached hydrogen (secondary N) is 1. The van der Waals surface area contributed by atoms with E-state index in [2.05, 4.69) is 17.2 Å². The van der Waals surface area contributed by atoms with Crippen molar-refractivity contribution >= 4 is 17.4 Å². The van der Waals surface area contributed by atoms with Gasteiger partial charge in [0.1, 0.15) is 11.0 Å². The Bertz CT molecular complexity index is 509. The molecule has 2 N–H and O–H groups in total. The lowest BCUT2D eigenvalue weighted by molar-refractivity contribution is -0.137. The van der Waals surface area contributed by atoms with Crippen LogP contribution in [0.2, 0.25) is 5.15 Å². The highest BCUT2D eigenvalue weighted by Crippen LogP contribution is 2.36. The third-order valence-corrected chi connectivity index (χ3v) is 4.10. The summed E-state index contributed by atoms with van der Waals surface area (Å²) in [5, 5.41) is 12.4. The normalized spacial score (nSPS) is 26.7. The lowest BCUT2D eigenvalue weighted by Crippen LogP contribution is -2.46. The first-order valence-corrected chi connectivity index (χ1v) is 7.26. The van der Waals surface area contributed by atoms with Crippen LogP contribution < -0.4 is 5.32 Å². The molecule has 1 heterocycles. The summed E-state index contributed by atoms with van der Waals surface area (Å²) in [4.78, 5) is 3.90. The molecule has 0 aromatic carbocycles. The topological polar surface area (TPSA) is 45.1 Å². The van der Waals surface area contributed by atoms with Crippen molar-refractivity contribution in [2.75, 3.05) is 11.9 Å². The second kappa shape index (κ2) is 6.01. The number of aliphatic hydroxyl groups is 1. The Kier molecular flexibility index (Phi) is 4.68. The molecule has 1 aliphatic carbocycles. The van der Waals surface area contributed by atoms with Gasteiger partial charge in [0.25, 0.3) is 0 Å². The van der Waals surface area contributed by atoms with E-state index < -0.39 is 17.3 Å². The highest BCUT2D eigenvalue weighted by molar-refractivity contribution is 6.29. The van der Waals surface area contributed by atoms with Crippen molar-refractivity contribution in [1.82, 2.24) is 4.98 Å². The molecule has 21 heavy (non-hydrogen) atoms. The summed E-state index contributed by atoms with van der Waals surface area (Å²) in [5.74, 6) is 0.456. The Morgan fingerprint density at radius 1 is 1.48 bits per heavy atom. The van der Waals surface area contributed by atoms with Crippen molar-refractivity contribution in [2.24, 2.45) is 5.92 Å². The van der Waals surface area contributed by atoms with Gasteiger partial charge >= 0.3 is 6.18 Å². The molecule has 1 fully saturated rings. The van der Waals surface area contributed by atoms with Gasteiger partial charge < -0.3 is 10.4 Å². The number of rotatable bonds is 3. The van der Waals surface area contributed by atoms with E-state index in [-0.39, 0.29) is 17.6 Å². The SMILES string of the molecule is CC1CCCC(CO)(Nc2cc(C(F)(F)F)cc(Cl)n2)C1.